The number of nitrogens with two attached hydrogens (primary N) is 1. The zero-order valence-electron chi connectivity index (χ0n) is 17.4. The van der Waals surface area contributed by atoms with E-state index in [-0.39, 0.29) is 11.5 Å². The van der Waals surface area contributed by atoms with Crippen molar-refractivity contribution in [3.8, 4) is 11.3 Å². The van der Waals surface area contributed by atoms with Gasteiger partial charge in [-0.25, -0.2) is 14.0 Å². The lowest BCUT2D eigenvalue weighted by atomic mass is 9.83. The molecule has 0 atom stereocenters. The fraction of sp³-hybridized carbons (Fsp3) is 0.429. The molecule has 0 bridgehead atoms. The minimum absolute atomic E-state index is 0.216. The molecular formula is C21H28N8O. The molecule has 9 heteroatoms. The first-order chi connectivity index (χ1) is 14.5. The molecule has 9 nitrogen and oxygen atoms in total. The van der Waals surface area contributed by atoms with Gasteiger partial charge in [-0.15, -0.1) is 5.10 Å². The van der Waals surface area contributed by atoms with Gasteiger partial charge in [0.1, 0.15) is 5.52 Å². The molecule has 0 radical (unpaired) electrons. The average molecular weight is 409 g/mol. The van der Waals surface area contributed by atoms with Crippen LogP contribution in [0.2, 0.25) is 0 Å². The third-order valence-electron chi connectivity index (χ3n) is 5.74. The van der Waals surface area contributed by atoms with E-state index in [2.05, 4.69) is 32.4 Å². The van der Waals surface area contributed by atoms with E-state index in [0.717, 1.165) is 41.7 Å². The highest BCUT2D eigenvalue weighted by Gasteiger charge is 2.26. The number of fused-ring (bicyclic) bond motifs is 2. The normalized spacial score (nSPS) is 15.7. The third-order valence-corrected chi connectivity index (χ3v) is 5.74. The molecule has 1 aliphatic rings. The number of aromatic nitrogens is 6. The van der Waals surface area contributed by atoms with Crippen LogP contribution in [0, 0.1) is 0 Å². The molecule has 0 saturated heterocycles. The van der Waals surface area contributed by atoms with E-state index in [1.807, 2.05) is 30.6 Å². The number of anilines is 2. The van der Waals surface area contributed by atoms with Gasteiger partial charge in [0.15, 0.2) is 11.5 Å². The topological polar surface area (TPSA) is 119 Å². The number of rotatable bonds is 3. The van der Waals surface area contributed by atoms with Crippen molar-refractivity contribution in [2.45, 2.75) is 51.0 Å². The fourth-order valence-electron chi connectivity index (χ4n) is 3.95. The van der Waals surface area contributed by atoms with E-state index in [0.29, 0.717) is 5.82 Å². The highest BCUT2D eigenvalue weighted by molar-refractivity contribution is 5.87. The van der Waals surface area contributed by atoms with Crippen LogP contribution < -0.4 is 11.1 Å². The maximum atomic E-state index is 9.68. The molecule has 0 unspecified atom stereocenters. The first-order valence-corrected chi connectivity index (χ1v) is 10.4. The summed E-state index contributed by atoms with van der Waals surface area (Å²) in [7, 11) is 1.80. The Bertz CT molecular complexity index is 1140. The second kappa shape index (κ2) is 8.27. The molecule has 0 aliphatic heterocycles. The summed E-state index contributed by atoms with van der Waals surface area (Å²) < 4.78 is 3.42. The van der Waals surface area contributed by atoms with Crippen LogP contribution in [0.25, 0.3) is 22.4 Å². The van der Waals surface area contributed by atoms with Crippen LogP contribution in [0.5, 0.6) is 0 Å². The minimum atomic E-state index is -0.280. The molecule has 30 heavy (non-hydrogen) atoms. The van der Waals surface area contributed by atoms with Crippen LogP contribution in [-0.4, -0.2) is 47.0 Å². The number of hydrogen-bond acceptors (Lipinski definition) is 7. The van der Waals surface area contributed by atoms with Crippen LogP contribution in [0.1, 0.15) is 45.4 Å². The molecule has 5 rings (SSSR count). The fourth-order valence-corrected chi connectivity index (χ4v) is 3.95. The molecule has 158 valence electrons. The average Bonchev–Trinajstić information content (AvgIpc) is 3.40. The van der Waals surface area contributed by atoms with Crippen molar-refractivity contribution >= 4 is 22.9 Å². The van der Waals surface area contributed by atoms with Crippen LogP contribution in [-0.2, 0) is 0 Å². The Morgan fingerprint density at radius 3 is 2.57 bits per heavy atom. The molecule has 4 N–H and O–H groups in total. The molecule has 0 aromatic carbocycles. The Balaban J connectivity index is 0.000000204. The SMILES string of the molecule is CCC1(O)CCCCC1.CNc1nc(N)nn2ccc(-c3ccn4nccc4n3)c12. The van der Waals surface area contributed by atoms with E-state index in [9.17, 15) is 5.11 Å². The summed E-state index contributed by atoms with van der Waals surface area (Å²) in [5, 5.41) is 21.0. The Labute approximate surface area is 175 Å². The molecule has 0 spiro atoms. The zero-order valence-corrected chi connectivity index (χ0v) is 17.4. The zero-order chi connectivity index (χ0) is 21.1. The number of hydrogen-bond donors (Lipinski definition) is 3. The summed E-state index contributed by atoms with van der Waals surface area (Å²) in [6, 6.07) is 5.71. The lowest BCUT2D eigenvalue weighted by Crippen LogP contribution is -2.29. The summed E-state index contributed by atoms with van der Waals surface area (Å²) in [6.07, 6.45) is 12.2. The molecule has 1 aliphatic carbocycles. The standard InChI is InChI=1S/C13H12N8.C8H16O/c1-15-12-11-8(3-6-21(11)19-13(14)18-12)9-4-7-20-10(17-9)2-5-16-20;1-2-8(9)6-4-3-5-7-8/h2-7H,1H3,(H3,14,15,18,19);9H,2-7H2,1H3. The lowest BCUT2D eigenvalue weighted by molar-refractivity contribution is 0.000672. The van der Waals surface area contributed by atoms with Crippen molar-refractivity contribution < 1.29 is 5.11 Å². The van der Waals surface area contributed by atoms with Gasteiger partial charge in [0.25, 0.3) is 0 Å². The summed E-state index contributed by atoms with van der Waals surface area (Å²) in [6.45, 7) is 2.07. The molecule has 4 aromatic rings. The lowest BCUT2D eigenvalue weighted by Gasteiger charge is -2.30. The van der Waals surface area contributed by atoms with Crippen LogP contribution in [0.15, 0.2) is 36.8 Å². The molecule has 4 heterocycles. The maximum absolute atomic E-state index is 9.68. The third kappa shape index (κ3) is 3.93. The first kappa shape index (κ1) is 20.1. The van der Waals surface area contributed by atoms with E-state index in [4.69, 9.17) is 5.73 Å². The van der Waals surface area contributed by atoms with E-state index >= 15 is 0 Å². The van der Waals surface area contributed by atoms with E-state index in [1.165, 1.54) is 19.3 Å². The Morgan fingerprint density at radius 1 is 1.10 bits per heavy atom. The number of nitrogen functional groups attached to an aromatic ring is 1. The Kier molecular flexibility index (Phi) is 5.54. The minimum Gasteiger partial charge on any atom is -0.390 e. The summed E-state index contributed by atoms with van der Waals surface area (Å²) >= 11 is 0. The Morgan fingerprint density at radius 2 is 1.87 bits per heavy atom. The highest BCUT2D eigenvalue weighted by atomic mass is 16.3. The van der Waals surface area contributed by atoms with Gasteiger partial charge in [-0.05, 0) is 31.4 Å². The second-order valence-electron chi connectivity index (χ2n) is 7.68. The smallest absolute Gasteiger partial charge is 0.240 e. The largest absolute Gasteiger partial charge is 0.390 e. The van der Waals surface area contributed by atoms with Gasteiger partial charge in [-0.3, -0.25) is 0 Å². The number of aliphatic hydroxyl groups is 1. The predicted octanol–water partition coefficient (Wildman–Crippen LogP) is 3.15. The highest BCUT2D eigenvalue weighted by Crippen LogP contribution is 2.30. The monoisotopic (exact) mass is 408 g/mol. The second-order valence-corrected chi connectivity index (χ2v) is 7.68. The van der Waals surface area contributed by atoms with Crippen molar-refractivity contribution in [2.24, 2.45) is 0 Å². The van der Waals surface area contributed by atoms with E-state index < -0.39 is 0 Å². The van der Waals surface area contributed by atoms with Crippen LogP contribution >= 0.6 is 0 Å². The van der Waals surface area contributed by atoms with Gasteiger partial charge in [0.2, 0.25) is 5.95 Å². The summed E-state index contributed by atoms with van der Waals surface area (Å²) in [5.74, 6) is 0.880. The summed E-state index contributed by atoms with van der Waals surface area (Å²) in [4.78, 5) is 8.82. The van der Waals surface area contributed by atoms with Crippen LogP contribution in [0.3, 0.4) is 0 Å². The van der Waals surface area contributed by atoms with Gasteiger partial charge >= 0.3 is 0 Å². The maximum Gasteiger partial charge on any atom is 0.240 e. The number of nitrogens with zero attached hydrogens (tertiary/aromatic N) is 6. The van der Waals surface area contributed by atoms with Crippen molar-refractivity contribution in [3.63, 3.8) is 0 Å². The molecule has 0 amide bonds. The molecule has 4 aromatic heterocycles. The van der Waals surface area contributed by atoms with Crippen molar-refractivity contribution in [1.82, 2.24) is 29.2 Å². The van der Waals surface area contributed by atoms with Gasteiger partial charge in [-0.2, -0.15) is 10.1 Å². The Hall–Kier alpha value is -3.20. The van der Waals surface area contributed by atoms with Crippen molar-refractivity contribution in [1.29, 1.82) is 0 Å². The van der Waals surface area contributed by atoms with Gasteiger partial charge in [0, 0.05) is 31.1 Å². The molecular weight excluding hydrogens is 380 g/mol. The van der Waals surface area contributed by atoms with Crippen LogP contribution in [0.4, 0.5) is 11.8 Å². The molecule has 1 fully saturated rings. The van der Waals surface area contributed by atoms with Gasteiger partial charge < -0.3 is 16.2 Å². The quantitative estimate of drug-likeness (QED) is 0.476. The van der Waals surface area contributed by atoms with Crippen molar-refractivity contribution in [2.75, 3.05) is 18.1 Å². The van der Waals surface area contributed by atoms with E-state index in [1.54, 1.807) is 22.3 Å². The van der Waals surface area contributed by atoms with Crippen molar-refractivity contribution in [3.05, 3.63) is 36.8 Å². The van der Waals surface area contributed by atoms with Gasteiger partial charge in [0.05, 0.1) is 17.5 Å². The predicted molar refractivity (Wildman–Crippen MR) is 117 cm³/mol. The summed E-state index contributed by atoms with van der Waals surface area (Å²) in [5.41, 5.74) is 8.80. The molecule has 1 saturated carbocycles. The van der Waals surface area contributed by atoms with Gasteiger partial charge in [-0.1, -0.05) is 26.2 Å². The first-order valence-electron chi connectivity index (χ1n) is 10.4. The number of nitrogens with one attached hydrogen (secondary N) is 1.